The van der Waals surface area contributed by atoms with Gasteiger partial charge in [0.15, 0.2) is 5.82 Å². The fraction of sp³-hybridized carbons (Fsp3) is 0.630. The van der Waals surface area contributed by atoms with Gasteiger partial charge in [-0.05, 0) is 95.5 Å². The van der Waals surface area contributed by atoms with Crippen LogP contribution < -0.4 is 9.80 Å². The fourth-order valence-electron chi connectivity index (χ4n) is 5.58. The summed E-state index contributed by atoms with van der Waals surface area (Å²) in [7, 11) is 0. The Labute approximate surface area is 199 Å². The van der Waals surface area contributed by atoms with Crippen molar-refractivity contribution < 1.29 is 0 Å². The fourth-order valence-corrected chi connectivity index (χ4v) is 5.58. The number of likely N-dealkylation sites (N-methyl/N-ethyl adjacent to an activating group) is 1. The molecule has 33 heavy (non-hydrogen) atoms. The van der Waals surface area contributed by atoms with E-state index in [0.717, 1.165) is 62.9 Å². The second-order valence-corrected chi connectivity index (χ2v) is 9.86. The van der Waals surface area contributed by atoms with Gasteiger partial charge in [0.05, 0.1) is 0 Å². The van der Waals surface area contributed by atoms with Crippen molar-refractivity contribution in [1.29, 1.82) is 0 Å². The zero-order valence-electron chi connectivity index (χ0n) is 20.4. The van der Waals surface area contributed by atoms with Crippen LogP contribution in [0.25, 0.3) is 11.4 Å². The van der Waals surface area contributed by atoms with Gasteiger partial charge in [-0.15, -0.1) is 0 Å². The Hall–Kier alpha value is -2.18. The Balaban J connectivity index is 1.20. The average Bonchev–Trinajstić information content (AvgIpc) is 3.45. The smallest absolute Gasteiger partial charge is 0.161 e. The van der Waals surface area contributed by atoms with E-state index in [9.17, 15) is 0 Å². The van der Waals surface area contributed by atoms with Crippen molar-refractivity contribution in [2.45, 2.75) is 45.4 Å². The van der Waals surface area contributed by atoms with Gasteiger partial charge in [0.25, 0.3) is 0 Å². The first-order chi connectivity index (χ1) is 16.3. The predicted octanol–water partition coefficient (Wildman–Crippen LogP) is 3.91. The van der Waals surface area contributed by atoms with Gasteiger partial charge in [0.1, 0.15) is 5.82 Å². The van der Waals surface area contributed by atoms with Crippen LogP contribution in [0.5, 0.6) is 0 Å². The zero-order valence-corrected chi connectivity index (χ0v) is 20.4. The van der Waals surface area contributed by atoms with E-state index in [1.165, 1.54) is 69.5 Å². The highest BCUT2D eigenvalue weighted by Crippen LogP contribution is 2.29. The molecule has 3 aliphatic rings. The maximum atomic E-state index is 5.02. The monoisotopic (exact) mass is 448 g/mol. The molecular formula is C27H40N6. The standard InChI is InChI=1S/C27H40N6/c1-2-30-16-7-18-32(21-20-30)25-10-8-23(9-11-25)26-28-22-24-12-19-33(27(24)29-26)17-6-5-15-31-13-3-4-14-31/h8-11,22H,2-7,12-21H2,1H3. The van der Waals surface area contributed by atoms with E-state index in [2.05, 4.69) is 57.0 Å². The first-order valence-electron chi connectivity index (χ1n) is 13.2. The maximum Gasteiger partial charge on any atom is 0.161 e. The predicted molar refractivity (Wildman–Crippen MR) is 137 cm³/mol. The summed E-state index contributed by atoms with van der Waals surface area (Å²) >= 11 is 0. The minimum atomic E-state index is 0.859. The van der Waals surface area contributed by atoms with Gasteiger partial charge in [-0.1, -0.05) is 6.92 Å². The number of hydrogen-bond donors (Lipinski definition) is 0. The molecule has 2 aromatic rings. The lowest BCUT2D eigenvalue weighted by atomic mass is 10.1. The molecule has 178 valence electrons. The molecule has 2 saturated heterocycles. The number of benzene rings is 1. The quantitative estimate of drug-likeness (QED) is 0.570. The van der Waals surface area contributed by atoms with Crippen LogP contribution in [0, 0.1) is 0 Å². The van der Waals surface area contributed by atoms with Gasteiger partial charge in [-0.25, -0.2) is 9.97 Å². The van der Waals surface area contributed by atoms with E-state index in [0.29, 0.717) is 0 Å². The van der Waals surface area contributed by atoms with Gasteiger partial charge in [-0.2, -0.15) is 0 Å². The summed E-state index contributed by atoms with van der Waals surface area (Å²) in [5.41, 5.74) is 3.74. The highest BCUT2D eigenvalue weighted by molar-refractivity contribution is 5.63. The van der Waals surface area contributed by atoms with E-state index in [1.54, 1.807) is 0 Å². The first kappa shape index (κ1) is 22.6. The summed E-state index contributed by atoms with van der Waals surface area (Å²) in [5.74, 6) is 2.02. The topological polar surface area (TPSA) is 38.7 Å². The number of hydrogen-bond acceptors (Lipinski definition) is 6. The van der Waals surface area contributed by atoms with E-state index in [-0.39, 0.29) is 0 Å². The highest BCUT2D eigenvalue weighted by Gasteiger charge is 2.22. The van der Waals surface area contributed by atoms with Crippen molar-refractivity contribution in [2.75, 3.05) is 75.2 Å². The van der Waals surface area contributed by atoms with Crippen molar-refractivity contribution in [3.05, 3.63) is 36.0 Å². The molecular weight excluding hydrogens is 408 g/mol. The molecule has 0 bridgehead atoms. The van der Waals surface area contributed by atoms with Crippen LogP contribution in [0.3, 0.4) is 0 Å². The number of rotatable bonds is 8. The van der Waals surface area contributed by atoms with E-state index < -0.39 is 0 Å². The van der Waals surface area contributed by atoms with Crippen molar-refractivity contribution in [2.24, 2.45) is 0 Å². The molecule has 3 aliphatic heterocycles. The first-order valence-corrected chi connectivity index (χ1v) is 13.2. The summed E-state index contributed by atoms with van der Waals surface area (Å²) in [4.78, 5) is 19.9. The highest BCUT2D eigenvalue weighted by atomic mass is 15.2. The van der Waals surface area contributed by atoms with Crippen LogP contribution in [0.1, 0.15) is 44.6 Å². The van der Waals surface area contributed by atoms with Gasteiger partial charge in [-0.3, -0.25) is 0 Å². The Bertz CT molecular complexity index is 892. The second-order valence-electron chi connectivity index (χ2n) is 9.86. The number of likely N-dealkylation sites (tertiary alicyclic amines) is 1. The number of anilines is 2. The molecule has 0 amide bonds. The molecule has 0 unspecified atom stereocenters. The molecule has 0 N–H and O–H groups in total. The van der Waals surface area contributed by atoms with E-state index in [1.807, 2.05) is 0 Å². The maximum absolute atomic E-state index is 5.02. The lowest BCUT2D eigenvalue weighted by Crippen LogP contribution is -2.30. The van der Waals surface area contributed by atoms with Crippen LogP contribution in [-0.2, 0) is 6.42 Å². The van der Waals surface area contributed by atoms with Crippen LogP contribution in [-0.4, -0.2) is 85.2 Å². The third-order valence-corrected chi connectivity index (χ3v) is 7.67. The molecule has 6 nitrogen and oxygen atoms in total. The molecule has 2 fully saturated rings. The normalized spacial score (nSPS) is 19.8. The van der Waals surface area contributed by atoms with E-state index in [4.69, 9.17) is 9.97 Å². The molecule has 1 aromatic heterocycles. The molecule has 0 spiro atoms. The van der Waals surface area contributed by atoms with Gasteiger partial charge < -0.3 is 19.6 Å². The van der Waals surface area contributed by atoms with Crippen molar-refractivity contribution in [1.82, 2.24) is 19.8 Å². The van der Waals surface area contributed by atoms with Gasteiger partial charge in [0, 0.05) is 55.7 Å². The lowest BCUT2D eigenvalue weighted by molar-refractivity contribution is 0.310. The van der Waals surface area contributed by atoms with Crippen molar-refractivity contribution in [3.8, 4) is 11.4 Å². The minimum absolute atomic E-state index is 0.859. The summed E-state index contributed by atoms with van der Waals surface area (Å²) in [5, 5.41) is 0. The number of nitrogens with zero attached hydrogens (tertiary/aromatic N) is 6. The molecule has 5 rings (SSSR count). The molecule has 1 aromatic carbocycles. The Kier molecular flexibility index (Phi) is 7.42. The Morgan fingerprint density at radius 1 is 0.788 bits per heavy atom. The Morgan fingerprint density at radius 3 is 2.39 bits per heavy atom. The largest absolute Gasteiger partial charge is 0.370 e. The third-order valence-electron chi connectivity index (χ3n) is 7.67. The van der Waals surface area contributed by atoms with Crippen LogP contribution in [0.4, 0.5) is 11.5 Å². The number of aromatic nitrogens is 2. The van der Waals surface area contributed by atoms with Crippen LogP contribution in [0.15, 0.2) is 30.5 Å². The Morgan fingerprint density at radius 2 is 1.58 bits per heavy atom. The second kappa shape index (κ2) is 10.8. The average molecular weight is 449 g/mol. The zero-order chi connectivity index (χ0) is 22.5. The molecule has 6 heteroatoms. The summed E-state index contributed by atoms with van der Waals surface area (Å²) < 4.78 is 0. The molecule has 0 atom stereocenters. The van der Waals surface area contributed by atoms with Crippen LogP contribution in [0.2, 0.25) is 0 Å². The van der Waals surface area contributed by atoms with E-state index >= 15 is 0 Å². The van der Waals surface area contributed by atoms with Gasteiger partial charge in [0.2, 0.25) is 0 Å². The number of fused-ring (bicyclic) bond motifs is 1. The minimum Gasteiger partial charge on any atom is -0.370 e. The third kappa shape index (κ3) is 5.49. The number of unbranched alkanes of at least 4 members (excludes halogenated alkanes) is 1. The molecule has 0 aliphatic carbocycles. The molecule has 0 radical (unpaired) electrons. The summed E-state index contributed by atoms with van der Waals surface area (Å²) in [6, 6.07) is 8.91. The van der Waals surface area contributed by atoms with Crippen molar-refractivity contribution in [3.63, 3.8) is 0 Å². The summed E-state index contributed by atoms with van der Waals surface area (Å²) in [6.45, 7) is 14.1. The van der Waals surface area contributed by atoms with Gasteiger partial charge >= 0.3 is 0 Å². The summed E-state index contributed by atoms with van der Waals surface area (Å²) in [6.07, 6.45) is 9.67. The lowest BCUT2D eigenvalue weighted by Gasteiger charge is -2.23. The molecule has 0 saturated carbocycles. The molecule has 4 heterocycles. The van der Waals surface area contributed by atoms with Crippen molar-refractivity contribution >= 4 is 11.5 Å². The van der Waals surface area contributed by atoms with Crippen LogP contribution >= 0.6 is 0 Å². The SMILES string of the molecule is CCN1CCCN(c2ccc(-c3ncc4c(n3)N(CCCCN3CCCC3)CC4)cc2)CC1.